The van der Waals surface area contributed by atoms with E-state index in [2.05, 4.69) is 15.7 Å². The summed E-state index contributed by atoms with van der Waals surface area (Å²) < 4.78 is 1.78. The van der Waals surface area contributed by atoms with Crippen LogP contribution < -0.4 is 10.6 Å². The third-order valence-corrected chi connectivity index (χ3v) is 3.20. The van der Waals surface area contributed by atoms with E-state index in [0.29, 0.717) is 0 Å². The van der Waals surface area contributed by atoms with Crippen molar-refractivity contribution in [3.05, 3.63) is 18.0 Å². The molecule has 2 heterocycles. The van der Waals surface area contributed by atoms with Crippen molar-refractivity contribution in [2.24, 2.45) is 13.0 Å². The summed E-state index contributed by atoms with van der Waals surface area (Å²) in [5, 5.41) is 10.5. The van der Waals surface area contributed by atoms with E-state index in [-0.39, 0.29) is 23.3 Å². The predicted octanol–water partition coefficient (Wildman–Crippen LogP) is 0.638. The molecule has 0 aromatic carbocycles. The van der Waals surface area contributed by atoms with Crippen molar-refractivity contribution in [3.8, 4) is 0 Å². The number of carbonyl (C=O) groups excluding carboxylic acids is 1. The number of nitrogens with zero attached hydrogens (tertiary/aromatic N) is 2. The molecule has 2 rings (SSSR count). The molecule has 0 aliphatic carbocycles. The van der Waals surface area contributed by atoms with Crippen LogP contribution in [0.1, 0.15) is 32.3 Å². The Morgan fingerprint density at radius 2 is 2.22 bits per heavy atom. The molecule has 1 amide bonds. The standard InChI is InChI=1S/C13H22N4O/c1-13(2,3)16-12(18)11-7-14-6-10(11)9-5-15-17(4)8-9/h5,8,10-11,14H,6-7H2,1-4H3,(H,16,18)/t10-,11+/m1/s1. The van der Waals surface area contributed by atoms with Gasteiger partial charge in [-0.1, -0.05) is 0 Å². The van der Waals surface area contributed by atoms with Crippen molar-refractivity contribution in [1.29, 1.82) is 0 Å². The van der Waals surface area contributed by atoms with Gasteiger partial charge in [0.2, 0.25) is 5.91 Å². The van der Waals surface area contributed by atoms with Crippen LogP contribution in [0, 0.1) is 5.92 Å². The van der Waals surface area contributed by atoms with E-state index in [1.54, 1.807) is 4.68 Å². The van der Waals surface area contributed by atoms with Crippen LogP contribution in [0.4, 0.5) is 0 Å². The highest BCUT2D eigenvalue weighted by atomic mass is 16.2. The van der Waals surface area contributed by atoms with Gasteiger partial charge in [-0.05, 0) is 26.3 Å². The fourth-order valence-electron chi connectivity index (χ4n) is 2.40. The number of aromatic nitrogens is 2. The van der Waals surface area contributed by atoms with Crippen LogP contribution in [0.2, 0.25) is 0 Å². The average Bonchev–Trinajstić information content (AvgIpc) is 2.81. The van der Waals surface area contributed by atoms with Crippen LogP contribution in [0.25, 0.3) is 0 Å². The predicted molar refractivity (Wildman–Crippen MR) is 70.2 cm³/mol. The molecule has 0 bridgehead atoms. The number of hydrogen-bond donors (Lipinski definition) is 2. The fraction of sp³-hybridized carbons (Fsp3) is 0.692. The van der Waals surface area contributed by atoms with Gasteiger partial charge in [-0.2, -0.15) is 5.10 Å². The van der Waals surface area contributed by atoms with Crippen molar-refractivity contribution in [2.75, 3.05) is 13.1 Å². The Balaban J connectivity index is 2.10. The second-order valence-corrected chi connectivity index (χ2v) is 6.06. The first-order valence-electron chi connectivity index (χ1n) is 6.38. The van der Waals surface area contributed by atoms with Gasteiger partial charge >= 0.3 is 0 Å². The van der Waals surface area contributed by atoms with E-state index in [4.69, 9.17) is 0 Å². The van der Waals surface area contributed by atoms with Gasteiger partial charge in [-0.15, -0.1) is 0 Å². The van der Waals surface area contributed by atoms with Crippen molar-refractivity contribution in [2.45, 2.75) is 32.2 Å². The van der Waals surface area contributed by atoms with E-state index >= 15 is 0 Å². The summed E-state index contributed by atoms with van der Waals surface area (Å²) in [4.78, 5) is 12.3. The van der Waals surface area contributed by atoms with Crippen LogP contribution in [0.5, 0.6) is 0 Å². The minimum absolute atomic E-state index is 0.00609. The highest BCUT2D eigenvalue weighted by Crippen LogP contribution is 2.28. The van der Waals surface area contributed by atoms with Gasteiger partial charge in [-0.3, -0.25) is 9.48 Å². The summed E-state index contributed by atoms with van der Waals surface area (Å²) in [7, 11) is 1.90. The topological polar surface area (TPSA) is 59.0 Å². The van der Waals surface area contributed by atoms with Crippen molar-refractivity contribution in [3.63, 3.8) is 0 Å². The van der Waals surface area contributed by atoms with Crippen LogP contribution in [0.15, 0.2) is 12.4 Å². The minimum atomic E-state index is -0.181. The zero-order chi connectivity index (χ0) is 13.3. The minimum Gasteiger partial charge on any atom is -0.351 e. The van der Waals surface area contributed by atoms with E-state index in [1.165, 1.54) is 0 Å². The summed E-state index contributed by atoms with van der Waals surface area (Å²) >= 11 is 0. The molecule has 1 saturated heterocycles. The van der Waals surface area contributed by atoms with Crippen molar-refractivity contribution >= 4 is 5.91 Å². The molecule has 5 nitrogen and oxygen atoms in total. The Morgan fingerprint density at radius 1 is 1.50 bits per heavy atom. The quantitative estimate of drug-likeness (QED) is 0.810. The van der Waals surface area contributed by atoms with Crippen LogP contribution in [-0.2, 0) is 11.8 Å². The first-order valence-corrected chi connectivity index (χ1v) is 6.38. The third kappa shape index (κ3) is 2.90. The van der Waals surface area contributed by atoms with Crippen LogP contribution in [0.3, 0.4) is 0 Å². The molecule has 1 aromatic heterocycles. The zero-order valence-corrected chi connectivity index (χ0v) is 11.5. The van der Waals surface area contributed by atoms with Gasteiger partial charge < -0.3 is 10.6 Å². The van der Waals surface area contributed by atoms with Gasteiger partial charge in [0.25, 0.3) is 0 Å². The zero-order valence-electron chi connectivity index (χ0n) is 11.5. The number of nitrogens with one attached hydrogen (secondary N) is 2. The molecule has 1 fully saturated rings. The maximum atomic E-state index is 12.3. The third-order valence-electron chi connectivity index (χ3n) is 3.20. The van der Waals surface area contributed by atoms with Gasteiger partial charge in [0, 0.05) is 37.8 Å². The summed E-state index contributed by atoms with van der Waals surface area (Å²) in [6.07, 6.45) is 3.85. The maximum absolute atomic E-state index is 12.3. The Hall–Kier alpha value is -1.36. The molecule has 0 unspecified atom stereocenters. The average molecular weight is 250 g/mol. The van der Waals surface area contributed by atoms with Crippen molar-refractivity contribution < 1.29 is 4.79 Å². The lowest BCUT2D eigenvalue weighted by atomic mass is 9.89. The van der Waals surface area contributed by atoms with E-state index in [1.807, 2.05) is 40.2 Å². The lowest BCUT2D eigenvalue weighted by molar-refractivity contribution is -0.126. The second-order valence-electron chi connectivity index (χ2n) is 6.06. The Morgan fingerprint density at radius 3 is 2.78 bits per heavy atom. The SMILES string of the molecule is Cn1cc([C@H]2CNC[C@@H]2C(=O)NC(C)(C)C)cn1. The summed E-state index contributed by atoms with van der Waals surface area (Å²) in [5.74, 6) is 0.343. The molecule has 0 spiro atoms. The van der Waals surface area contributed by atoms with Gasteiger partial charge in [-0.25, -0.2) is 0 Å². The van der Waals surface area contributed by atoms with Crippen molar-refractivity contribution in [1.82, 2.24) is 20.4 Å². The molecule has 0 saturated carbocycles. The normalized spacial score (nSPS) is 24.2. The Kier molecular flexibility index (Phi) is 3.43. The summed E-state index contributed by atoms with van der Waals surface area (Å²) in [5.41, 5.74) is 0.954. The molecule has 5 heteroatoms. The second kappa shape index (κ2) is 4.72. The number of carbonyl (C=O) groups is 1. The highest BCUT2D eigenvalue weighted by Gasteiger charge is 2.35. The Labute approximate surface area is 108 Å². The number of amides is 1. The molecular weight excluding hydrogens is 228 g/mol. The largest absolute Gasteiger partial charge is 0.351 e. The molecule has 18 heavy (non-hydrogen) atoms. The van der Waals surface area contributed by atoms with E-state index in [9.17, 15) is 4.79 Å². The first kappa shape index (κ1) is 13.1. The van der Waals surface area contributed by atoms with E-state index < -0.39 is 0 Å². The molecule has 2 N–H and O–H groups in total. The highest BCUT2D eigenvalue weighted by molar-refractivity contribution is 5.81. The van der Waals surface area contributed by atoms with Gasteiger partial charge in [0.1, 0.15) is 0 Å². The Bertz CT molecular complexity index is 432. The molecule has 1 aliphatic rings. The van der Waals surface area contributed by atoms with Gasteiger partial charge in [0.05, 0.1) is 12.1 Å². The molecule has 1 aromatic rings. The number of hydrogen-bond acceptors (Lipinski definition) is 3. The lowest BCUT2D eigenvalue weighted by Crippen LogP contribution is -2.45. The molecular formula is C13H22N4O. The molecule has 2 atom stereocenters. The molecule has 1 aliphatic heterocycles. The lowest BCUT2D eigenvalue weighted by Gasteiger charge is -2.25. The van der Waals surface area contributed by atoms with Gasteiger partial charge in [0.15, 0.2) is 0 Å². The smallest absolute Gasteiger partial charge is 0.225 e. The maximum Gasteiger partial charge on any atom is 0.225 e. The fourth-order valence-corrected chi connectivity index (χ4v) is 2.40. The number of aryl methyl sites for hydroxylation is 1. The summed E-state index contributed by atoms with van der Waals surface area (Å²) in [6.45, 7) is 7.60. The van der Waals surface area contributed by atoms with Crippen LogP contribution in [-0.4, -0.2) is 34.3 Å². The summed E-state index contributed by atoms with van der Waals surface area (Å²) in [6, 6.07) is 0. The van der Waals surface area contributed by atoms with Crippen LogP contribution >= 0.6 is 0 Å². The first-order chi connectivity index (χ1) is 8.37. The molecule has 0 radical (unpaired) electrons. The van der Waals surface area contributed by atoms with E-state index in [0.717, 1.165) is 18.7 Å². The monoisotopic (exact) mass is 250 g/mol. The number of rotatable bonds is 2. The molecule has 100 valence electrons.